The predicted molar refractivity (Wildman–Crippen MR) is 250 cm³/mol. The van der Waals surface area contributed by atoms with Gasteiger partial charge in [-0.3, -0.25) is 48.5 Å². The van der Waals surface area contributed by atoms with Crippen LogP contribution in [0.3, 0.4) is 0 Å². The summed E-state index contributed by atoms with van der Waals surface area (Å²) in [7, 11) is -4.45. The Bertz CT molecular complexity index is 2490. The highest BCUT2D eigenvalue weighted by Gasteiger charge is 2.34. The lowest BCUT2D eigenvalue weighted by Gasteiger charge is -2.27. The summed E-state index contributed by atoms with van der Waals surface area (Å²) in [4.78, 5) is 100. The van der Waals surface area contributed by atoms with E-state index in [1.807, 2.05) is 0 Å². The number of anilines is 1. The standard InChI is InChI=1S/C44H56N12O12S/c1-26(2)38-43(64)54-32(42(63)53-33(22-37(58)59)40(61)50-25-36(57)52-31(41(62)55-38)8-5-16-46-44-47-18-19-48-44)21-27-10-13-30(14-11-27)68-20-6-17-45-39(60)29-12-15-35(49-23-29)56-51-24-28-7-3-4-9-34(28)69(65,66)67/h3-4,7,9-15,23-24,26,31-33,38H,5-6,8,16-22,25H2,1-2H3,(H,45,60)(H,49,56)(H,50,61)(H,52,57)(H,53,63)(H,54,64)(H,55,62)(H,58,59)(H2,46,47,48)(H,65,66,67)/b51-24-/t31?,32?,33-,38?/m1/s1. The Morgan fingerprint density at radius 1 is 0.870 bits per heavy atom. The number of aromatic nitrogens is 1. The number of carboxylic acid groups (broad SMARTS) is 1. The number of nitrogens with zero attached hydrogens (tertiary/aromatic N) is 3. The molecular weight excluding hydrogens is 921 g/mol. The zero-order valence-corrected chi connectivity index (χ0v) is 38.6. The second-order valence-corrected chi connectivity index (χ2v) is 17.5. The van der Waals surface area contributed by atoms with E-state index < -0.39 is 94.6 Å². The van der Waals surface area contributed by atoms with Crippen molar-refractivity contribution in [3.63, 3.8) is 0 Å². The molecule has 1 aromatic heterocycles. The summed E-state index contributed by atoms with van der Waals surface area (Å²) < 4.78 is 38.4. The third-order valence-corrected chi connectivity index (χ3v) is 11.4. The van der Waals surface area contributed by atoms with Gasteiger partial charge in [0.05, 0.1) is 37.9 Å². The molecule has 1 fully saturated rings. The number of ether oxygens (including phenoxy) is 1. The van der Waals surface area contributed by atoms with Crippen LogP contribution >= 0.6 is 0 Å². The molecule has 2 aliphatic rings. The third-order valence-electron chi connectivity index (χ3n) is 10.4. The first-order valence-corrected chi connectivity index (χ1v) is 23.4. The summed E-state index contributed by atoms with van der Waals surface area (Å²) in [6.07, 6.45) is 2.56. The molecule has 24 nitrogen and oxygen atoms in total. The third kappa shape index (κ3) is 16.9. The van der Waals surface area contributed by atoms with Crippen LogP contribution in [0.15, 0.2) is 81.8 Å². The number of hydrogen-bond donors (Lipinski definition) is 11. The van der Waals surface area contributed by atoms with E-state index in [1.54, 1.807) is 44.2 Å². The van der Waals surface area contributed by atoms with Gasteiger partial charge in [0, 0.05) is 37.8 Å². The molecule has 0 bridgehead atoms. The fourth-order valence-corrected chi connectivity index (χ4v) is 7.53. The fourth-order valence-electron chi connectivity index (χ4n) is 6.86. The molecule has 1 saturated heterocycles. The average molecular weight is 977 g/mol. The number of aliphatic carboxylic acids is 1. The predicted octanol–water partition coefficient (Wildman–Crippen LogP) is -0.956. The molecule has 0 spiro atoms. The second kappa shape index (κ2) is 25.5. The van der Waals surface area contributed by atoms with Crippen LogP contribution in [0.4, 0.5) is 5.82 Å². The summed E-state index contributed by atoms with van der Waals surface area (Å²) in [5.41, 5.74) is 3.59. The SMILES string of the molecule is CC(C)C1NC(=O)C(CCCNC2=NCCN2)NC(=O)CNC(=O)[C@@H](CC(=O)O)NC(=O)C(Cc2ccc(OCCCNC(=O)c3ccc(N/N=C\c4ccccc4S(=O)(=O)O)nc3)cc2)NC1=O. The number of hydrazone groups is 1. The number of hydrogen-bond acceptors (Lipinski definition) is 16. The van der Waals surface area contributed by atoms with Gasteiger partial charge < -0.3 is 52.4 Å². The molecule has 3 unspecified atom stereocenters. The Labute approximate surface area is 397 Å². The highest BCUT2D eigenvalue weighted by Crippen LogP contribution is 2.16. The van der Waals surface area contributed by atoms with Gasteiger partial charge in [-0.05, 0) is 61.1 Å². The van der Waals surface area contributed by atoms with Gasteiger partial charge in [-0.15, -0.1) is 0 Å². The summed E-state index contributed by atoms with van der Waals surface area (Å²) in [6, 6.07) is 10.1. The number of nitrogens with one attached hydrogen (secondary N) is 9. The number of pyridine rings is 1. The van der Waals surface area contributed by atoms with Crippen molar-refractivity contribution in [2.45, 2.75) is 75.0 Å². The van der Waals surface area contributed by atoms with Gasteiger partial charge in [0.15, 0.2) is 5.96 Å². The molecule has 4 atom stereocenters. The lowest BCUT2D eigenvalue weighted by molar-refractivity contribution is -0.141. The van der Waals surface area contributed by atoms with Crippen LogP contribution < -0.4 is 52.7 Å². The molecular formula is C44H56N12O12S. The van der Waals surface area contributed by atoms with Crippen LogP contribution in [0.5, 0.6) is 5.75 Å². The second-order valence-electron chi connectivity index (χ2n) is 16.1. The minimum atomic E-state index is -4.45. The van der Waals surface area contributed by atoms with Gasteiger partial charge in [-0.2, -0.15) is 13.5 Å². The Balaban J connectivity index is 1.16. The summed E-state index contributed by atoms with van der Waals surface area (Å²) in [5, 5.41) is 35.2. The average Bonchev–Trinajstić information content (AvgIpc) is 3.84. The quantitative estimate of drug-likeness (QED) is 0.0298. The Morgan fingerprint density at radius 2 is 1.61 bits per heavy atom. The molecule has 3 heterocycles. The van der Waals surface area contributed by atoms with Gasteiger partial charge in [0.25, 0.3) is 16.0 Å². The summed E-state index contributed by atoms with van der Waals surface area (Å²) in [6.45, 7) is 4.95. The Hall–Kier alpha value is -7.67. The lowest BCUT2D eigenvalue weighted by Crippen LogP contribution is -2.59. The first-order chi connectivity index (χ1) is 33.0. The molecule has 0 saturated carbocycles. The van der Waals surface area contributed by atoms with Crippen molar-refractivity contribution in [2.24, 2.45) is 16.0 Å². The van der Waals surface area contributed by atoms with Crippen molar-refractivity contribution in [2.75, 3.05) is 44.8 Å². The van der Waals surface area contributed by atoms with Crippen molar-refractivity contribution in [3.05, 3.63) is 83.6 Å². The minimum absolute atomic E-state index is 0.120. The Kier molecular flexibility index (Phi) is 19.3. The fraction of sp³-hybridized carbons (Fsp3) is 0.409. The van der Waals surface area contributed by atoms with Crippen molar-refractivity contribution in [3.8, 4) is 5.75 Å². The zero-order chi connectivity index (χ0) is 49.9. The molecule has 25 heteroatoms. The largest absolute Gasteiger partial charge is 0.494 e. The topological polar surface area (TPSA) is 349 Å². The summed E-state index contributed by atoms with van der Waals surface area (Å²) >= 11 is 0. The van der Waals surface area contributed by atoms with Crippen LogP contribution in [0.25, 0.3) is 0 Å². The number of carboxylic acids is 1. The molecule has 5 rings (SSSR count). The maximum Gasteiger partial charge on any atom is 0.305 e. The van der Waals surface area contributed by atoms with E-state index in [0.717, 1.165) is 0 Å². The van der Waals surface area contributed by atoms with Crippen LogP contribution in [-0.4, -0.2) is 140 Å². The van der Waals surface area contributed by atoms with Crippen molar-refractivity contribution >= 4 is 69.5 Å². The maximum atomic E-state index is 13.9. The van der Waals surface area contributed by atoms with Crippen molar-refractivity contribution in [1.29, 1.82) is 0 Å². The number of benzene rings is 2. The van der Waals surface area contributed by atoms with Gasteiger partial charge in [-0.1, -0.05) is 44.2 Å². The van der Waals surface area contributed by atoms with E-state index in [4.69, 9.17) is 4.74 Å². The number of rotatable bonds is 19. The monoisotopic (exact) mass is 976 g/mol. The molecule has 2 aliphatic heterocycles. The molecule has 3 aromatic rings. The molecule has 370 valence electrons. The van der Waals surface area contributed by atoms with E-state index >= 15 is 0 Å². The van der Waals surface area contributed by atoms with Crippen LogP contribution in [0.2, 0.25) is 0 Å². The van der Waals surface area contributed by atoms with Crippen molar-refractivity contribution < 1.29 is 56.4 Å². The highest BCUT2D eigenvalue weighted by molar-refractivity contribution is 7.86. The van der Waals surface area contributed by atoms with Gasteiger partial charge in [0.2, 0.25) is 29.5 Å². The minimum Gasteiger partial charge on any atom is -0.494 e. The smallest absolute Gasteiger partial charge is 0.305 e. The lowest BCUT2D eigenvalue weighted by atomic mass is 9.99. The van der Waals surface area contributed by atoms with E-state index in [-0.39, 0.29) is 47.8 Å². The van der Waals surface area contributed by atoms with Crippen LogP contribution in [-0.2, 0) is 45.3 Å². The van der Waals surface area contributed by atoms with Crippen molar-refractivity contribution in [1.82, 2.24) is 47.5 Å². The molecule has 0 radical (unpaired) electrons. The first-order valence-electron chi connectivity index (χ1n) is 22.0. The Morgan fingerprint density at radius 3 is 2.29 bits per heavy atom. The molecule has 2 aromatic carbocycles. The van der Waals surface area contributed by atoms with Crippen LogP contribution in [0.1, 0.15) is 61.0 Å². The number of aliphatic imine (C=N–C) groups is 1. The normalized spacial score (nSPS) is 19.4. The number of carbonyl (C=O) groups excluding carboxylic acids is 6. The number of guanidine groups is 1. The number of carbonyl (C=O) groups is 7. The van der Waals surface area contributed by atoms with E-state index in [1.165, 1.54) is 42.7 Å². The van der Waals surface area contributed by atoms with E-state index in [0.29, 0.717) is 49.7 Å². The van der Waals surface area contributed by atoms with Crippen LogP contribution in [0, 0.1) is 5.92 Å². The first kappa shape index (κ1) is 52.3. The van der Waals surface area contributed by atoms with E-state index in [2.05, 4.69) is 63.0 Å². The highest BCUT2D eigenvalue weighted by atomic mass is 32.2. The maximum absolute atomic E-state index is 13.9. The molecule has 69 heavy (non-hydrogen) atoms. The van der Waals surface area contributed by atoms with Gasteiger partial charge in [-0.25, -0.2) is 4.98 Å². The summed E-state index contributed by atoms with van der Waals surface area (Å²) in [5.74, 6) is -4.95. The van der Waals surface area contributed by atoms with Gasteiger partial charge >= 0.3 is 5.97 Å². The van der Waals surface area contributed by atoms with Gasteiger partial charge in [0.1, 0.15) is 40.6 Å². The zero-order valence-electron chi connectivity index (χ0n) is 37.8. The molecule has 11 N–H and O–H groups in total. The molecule has 6 amide bonds. The van der Waals surface area contributed by atoms with E-state index in [9.17, 15) is 51.6 Å². The number of amides is 6. The molecule has 0 aliphatic carbocycles.